The van der Waals surface area contributed by atoms with Gasteiger partial charge in [0.05, 0.1) is 13.2 Å². The maximum atomic E-state index is 11.4. The van der Waals surface area contributed by atoms with Crippen molar-refractivity contribution >= 4 is 38.9 Å². The quantitative estimate of drug-likeness (QED) is 0.366. The molecule has 0 radical (unpaired) electrons. The number of fused-ring (bicyclic) bond motifs is 1. The van der Waals surface area contributed by atoms with Gasteiger partial charge in [-0.3, -0.25) is 0 Å². The molecule has 4 nitrogen and oxygen atoms in total. The number of hydrogen-bond donors (Lipinski definition) is 1. The zero-order chi connectivity index (χ0) is 24.7. The highest BCUT2D eigenvalue weighted by molar-refractivity contribution is 9.10. The van der Waals surface area contributed by atoms with E-state index >= 15 is 0 Å². The maximum Gasteiger partial charge on any atom is 0.128 e. The normalized spacial score (nSPS) is 25.8. The summed E-state index contributed by atoms with van der Waals surface area (Å²) in [4.78, 5) is 4.95. The van der Waals surface area contributed by atoms with E-state index in [0.29, 0.717) is 0 Å². The molecule has 1 aliphatic carbocycles. The molecule has 4 unspecified atom stereocenters. The Kier molecular flexibility index (Phi) is 6.77. The average molecular weight is 556 g/mol. The fourth-order valence-electron chi connectivity index (χ4n) is 5.92. The van der Waals surface area contributed by atoms with Crippen LogP contribution in [0.1, 0.15) is 38.4 Å². The smallest absolute Gasteiger partial charge is 0.128 e. The molecule has 2 fully saturated rings. The van der Waals surface area contributed by atoms with E-state index in [1.807, 2.05) is 24.3 Å². The van der Waals surface area contributed by atoms with Crippen LogP contribution in [-0.2, 0) is 0 Å². The Hall–Kier alpha value is -2.21. The van der Waals surface area contributed by atoms with E-state index < -0.39 is 0 Å². The molecule has 1 heterocycles. The molecule has 0 aromatic heterocycles. The van der Waals surface area contributed by atoms with Gasteiger partial charge in [0.15, 0.2) is 0 Å². The van der Waals surface area contributed by atoms with Crippen molar-refractivity contribution in [1.29, 1.82) is 0 Å². The van der Waals surface area contributed by atoms with Gasteiger partial charge in [-0.1, -0.05) is 53.5 Å². The molecule has 184 valence electrons. The fraction of sp³-hybridized carbons (Fsp3) is 0.379. The minimum atomic E-state index is -0.370. The van der Waals surface area contributed by atoms with Gasteiger partial charge in [0.2, 0.25) is 0 Å². The number of nitrogens with zero attached hydrogens (tertiary/aromatic N) is 2. The Labute approximate surface area is 221 Å². The average Bonchev–Trinajstić information content (AvgIpc) is 2.84. The highest BCUT2D eigenvalue weighted by atomic mass is 79.9. The second-order valence-electron chi connectivity index (χ2n) is 10.5. The molecule has 3 aromatic carbocycles. The molecule has 5 rings (SSSR count). The molecule has 1 saturated heterocycles. The van der Waals surface area contributed by atoms with Crippen LogP contribution in [0.15, 0.2) is 77.3 Å². The van der Waals surface area contributed by atoms with Gasteiger partial charge >= 0.3 is 0 Å². The summed E-state index contributed by atoms with van der Waals surface area (Å²) in [6.45, 7) is 5.33. The summed E-state index contributed by atoms with van der Waals surface area (Å²) in [5, 5.41) is 12.1. The zero-order valence-electron chi connectivity index (χ0n) is 20.4. The number of methoxy groups -OCH3 is 1. The van der Waals surface area contributed by atoms with Gasteiger partial charge in [-0.2, -0.15) is 0 Å². The van der Waals surface area contributed by atoms with Crippen LogP contribution in [0.5, 0.6) is 5.75 Å². The molecular formula is C29H32BrClN2O2. The predicted octanol–water partition coefficient (Wildman–Crippen LogP) is 7.30. The van der Waals surface area contributed by atoms with Crippen LogP contribution in [0.25, 0.3) is 0 Å². The second kappa shape index (κ2) is 9.68. The highest BCUT2D eigenvalue weighted by Gasteiger charge is 2.50. The van der Waals surface area contributed by atoms with Crippen LogP contribution < -0.4 is 14.5 Å². The molecule has 2 aliphatic rings. The van der Waals surface area contributed by atoms with E-state index in [1.165, 1.54) is 5.56 Å². The van der Waals surface area contributed by atoms with Crippen molar-refractivity contribution in [2.75, 3.05) is 23.5 Å². The van der Waals surface area contributed by atoms with E-state index in [9.17, 15) is 5.11 Å². The Morgan fingerprint density at radius 1 is 0.914 bits per heavy atom. The number of benzene rings is 3. The van der Waals surface area contributed by atoms with E-state index in [2.05, 4.69) is 88.1 Å². The first-order chi connectivity index (χ1) is 16.8. The third-order valence-electron chi connectivity index (χ3n) is 7.53. The first-order valence-electron chi connectivity index (χ1n) is 12.1. The standard InChI is InChI=1S/C29H32BrClN2O2/c1-29(2)16-26-25(27(34)17-29)18-32(22-10-8-21(31)9-11-22)28(19-4-6-20(30)7-5-19)33(26)23-12-14-24(35-3)15-13-23/h4-15,25-28,34H,16-18H2,1-3H3. The lowest BCUT2D eigenvalue weighted by molar-refractivity contribution is -0.00719. The van der Waals surface area contributed by atoms with Crippen molar-refractivity contribution in [2.24, 2.45) is 11.3 Å². The molecule has 1 N–H and O–H groups in total. The molecule has 4 atom stereocenters. The number of halogens is 2. The molecule has 0 spiro atoms. The number of ether oxygens (including phenoxy) is 1. The van der Waals surface area contributed by atoms with Crippen LogP contribution in [0.2, 0.25) is 5.02 Å². The zero-order valence-corrected chi connectivity index (χ0v) is 22.7. The first-order valence-corrected chi connectivity index (χ1v) is 13.3. The lowest BCUT2D eigenvalue weighted by atomic mass is 9.66. The van der Waals surface area contributed by atoms with Crippen molar-refractivity contribution in [3.63, 3.8) is 0 Å². The molecule has 3 aromatic rings. The third-order valence-corrected chi connectivity index (χ3v) is 8.31. The SMILES string of the molecule is COc1ccc(N2C3CC(C)(C)CC(O)C3CN(c3ccc(Cl)cc3)C2c2ccc(Br)cc2)cc1. The van der Waals surface area contributed by atoms with Crippen molar-refractivity contribution in [3.8, 4) is 5.75 Å². The van der Waals surface area contributed by atoms with Crippen LogP contribution >= 0.6 is 27.5 Å². The van der Waals surface area contributed by atoms with Gasteiger partial charge in [-0.25, -0.2) is 0 Å². The summed E-state index contributed by atoms with van der Waals surface area (Å²) in [7, 11) is 1.69. The van der Waals surface area contributed by atoms with Crippen LogP contribution in [-0.4, -0.2) is 30.9 Å². The van der Waals surface area contributed by atoms with E-state index in [-0.39, 0.29) is 29.6 Å². The van der Waals surface area contributed by atoms with Gasteiger partial charge < -0.3 is 19.6 Å². The minimum Gasteiger partial charge on any atom is -0.497 e. The van der Waals surface area contributed by atoms with Gasteiger partial charge in [0, 0.05) is 39.4 Å². The number of rotatable bonds is 4. The summed E-state index contributed by atoms with van der Waals surface area (Å²) in [5.41, 5.74) is 3.47. The number of hydrogen-bond acceptors (Lipinski definition) is 4. The van der Waals surface area contributed by atoms with Gasteiger partial charge in [-0.15, -0.1) is 0 Å². The van der Waals surface area contributed by atoms with Gasteiger partial charge in [-0.05, 0) is 84.5 Å². The number of anilines is 2. The molecule has 1 aliphatic heterocycles. The summed E-state index contributed by atoms with van der Waals surface area (Å²) in [6, 6.07) is 25.2. The minimum absolute atomic E-state index is 0.0416. The topological polar surface area (TPSA) is 35.9 Å². The Morgan fingerprint density at radius 2 is 1.54 bits per heavy atom. The van der Waals surface area contributed by atoms with E-state index in [0.717, 1.165) is 46.0 Å². The van der Waals surface area contributed by atoms with Crippen LogP contribution in [0.3, 0.4) is 0 Å². The lowest BCUT2D eigenvalue weighted by Gasteiger charge is -2.59. The molecule has 0 amide bonds. The van der Waals surface area contributed by atoms with E-state index in [1.54, 1.807) is 7.11 Å². The van der Waals surface area contributed by atoms with Gasteiger partial charge in [0.1, 0.15) is 11.9 Å². The van der Waals surface area contributed by atoms with Crippen molar-refractivity contribution in [2.45, 2.75) is 45.0 Å². The first kappa shape index (κ1) is 24.5. The maximum absolute atomic E-state index is 11.4. The Morgan fingerprint density at radius 3 is 2.17 bits per heavy atom. The monoisotopic (exact) mass is 554 g/mol. The van der Waals surface area contributed by atoms with Crippen LogP contribution in [0.4, 0.5) is 11.4 Å². The summed E-state index contributed by atoms with van der Waals surface area (Å²) in [6.07, 6.45) is 1.41. The fourth-order valence-corrected chi connectivity index (χ4v) is 6.31. The largest absolute Gasteiger partial charge is 0.497 e. The number of aliphatic hydroxyl groups excluding tert-OH is 1. The van der Waals surface area contributed by atoms with Crippen LogP contribution in [0, 0.1) is 11.3 Å². The van der Waals surface area contributed by atoms with Crippen molar-refractivity contribution in [3.05, 3.63) is 87.9 Å². The summed E-state index contributed by atoms with van der Waals surface area (Å²) < 4.78 is 6.51. The van der Waals surface area contributed by atoms with Gasteiger partial charge in [0.25, 0.3) is 0 Å². The summed E-state index contributed by atoms with van der Waals surface area (Å²) in [5.74, 6) is 0.952. The molecule has 1 saturated carbocycles. The second-order valence-corrected chi connectivity index (χ2v) is 11.9. The predicted molar refractivity (Wildman–Crippen MR) is 147 cm³/mol. The Balaban J connectivity index is 1.69. The molecule has 35 heavy (non-hydrogen) atoms. The van der Waals surface area contributed by atoms with Crippen molar-refractivity contribution in [1.82, 2.24) is 0 Å². The highest BCUT2D eigenvalue weighted by Crippen LogP contribution is 2.50. The lowest BCUT2D eigenvalue weighted by Crippen LogP contribution is -2.63. The van der Waals surface area contributed by atoms with E-state index in [4.69, 9.17) is 16.3 Å². The molecule has 0 bridgehead atoms. The van der Waals surface area contributed by atoms with Crippen molar-refractivity contribution < 1.29 is 9.84 Å². The Bertz CT molecular complexity index is 1150. The summed E-state index contributed by atoms with van der Waals surface area (Å²) >= 11 is 9.86. The number of aliphatic hydroxyl groups is 1. The molecule has 6 heteroatoms. The third kappa shape index (κ3) is 4.91. The molecular weight excluding hydrogens is 524 g/mol.